The van der Waals surface area contributed by atoms with Gasteiger partial charge in [0.1, 0.15) is 0 Å². The minimum Gasteiger partial charge on any atom is -0.478 e. The fourth-order valence-corrected chi connectivity index (χ4v) is 4.72. The molecule has 0 aliphatic heterocycles. The van der Waals surface area contributed by atoms with E-state index in [2.05, 4.69) is 28.3 Å². The van der Waals surface area contributed by atoms with Gasteiger partial charge in [-0.3, -0.25) is 0 Å². The molecule has 4 rings (SSSR count). The number of aromatic nitrogens is 2. The fourth-order valence-electron chi connectivity index (χ4n) is 4.72. The van der Waals surface area contributed by atoms with Crippen LogP contribution in [0.25, 0.3) is 0 Å². The zero-order chi connectivity index (χ0) is 16.7. The Morgan fingerprint density at radius 3 is 2.83 bits per heavy atom. The summed E-state index contributed by atoms with van der Waals surface area (Å²) in [6, 6.07) is 0.297. The van der Waals surface area contributed by atoms with Crippen molar-refractivity contribution in [2.75, 3.05) is 5.32 Å². The van der Waals surface area contributed by atoms with Crippen LogP contribution in [0.15, 0.2) is 35.2 Å². The lowest BCUT2D eigenvalue weighted by molar-refractivity contribution is 0.0696. The van der Waals surface area contributed by atoms with Gasteiger partial charge in [-0.1, -0.05) is 18.6 Å². The van der Waals surface area contributed by atoms with E-state index >= 15 is 0 Å². The first-order valence-electron chi connectivity index (χ1n) is 8.79. The van der Waals surface area contributed by atoms with E-state index in [1.54, 1.807) is 11.1 Å². The predicted molar refractivity (Wildman–Crippen MR) is 91.9 cm³/mol. The molecule has 2 atom stereocenters. The van der Waals surface area contributed by atoms with Gasteiger partial charge in [-0.15, -0.1) is 0 Å². The van der Waals surface area contributed by atoms with Gasteiger partial charge in [0.2, 0.25) is 5.95 Å². The number of hydrogen-bond acceptors (Lipinski definition) is 4. The summed E-state index contributed by atoms with van der Waals surface area (Å²) < 4.78 is 0. The van der Waals surface area contributed by atoms with Gasteiger partial charge in [0, 0.05) is 18.4 Å². The van der Waals surface area contributed by atoms with Crippen molar-refractivity contribution in [3.05, 3.63) is 40.8 Å². The molecule has 0 fully saturated rings. The Balaban J connectivity index is 1.55. The molecule has 0 bridgehead atoms. The normalized spacial score (nSPS) is 28.9. The molecule has 3 aliphatic carbocycles. The van der Waals surface area contributed by atoms with Crippen molar-refractivity contribution in [1.29, 1.82) is 0 Å². The minimum atomic E-state index is -0.997. The van der Waals surface area contributed by atoms with Gasteiger partial charge in [-0.05, 0) is 61.5 Å². The van der Waals surface area contributed by atoms with Crippen LogP contribution in [-0.4, -0.2) is 27.1 Å². The molecule has 0 radical (unpaired) electrons. The Morgan fingerprint density at radius 1 is 1.29 bits per heavy atom. The van der Waals surface area contributed by atoms with E-state index in [0.717, 1.165) is 12.8 Å². The minimum absolute atomic E-state index is 0.118. The third kappa shape index (κ3) is 2.62. The second kappa shape index (κ2) is 5.72. The van der Waals surface area contributed by atoms with E-state index in [4.69, 9.17) is 5.11 Å². The molecule has 0 spiro atoms. The van der Waals surface area contributed by atoms with E-state index in [9.17, 15) is 4.79 Å². The summed E-state index contributed by atoms with van der Waals surface area (Å²) in [4.78, 5) is 19.2. The number of aromatic carboxylic acids is 1. The predicted octanol–water partition coefficient (Wildman–Crippen LogP) is 3.96. The van der Waals surface area contributed by atoms with Crippen LogP contribution in [0, 0.1) is 5.41 Å². The first kappa shape index (κ1) is 15.4. The zero-order valence-corrected chi connectivity index (χ0v) is 14.0. The first-order valence-corrected chi connectivity index (χ1v) is 8.79. The van der Waals surface area contributed by atoms with E-state index in [-0.39, 0.29) is 5.56 Å². The molecule has 0 aromatic carbocycles. The number of anilines is 1. The lowest BCUT2D eigenvalue weighted by Gasteiger charge is -2.46. The summed E-state index contributed by atoms with van der Waals surface area (Å²) in [6.07, 6.45) is 13.5. The molecule has 24 heavy (non-hydrogen) atoms. The van der Waals surface area contributed by atoms with Crippen molar-refractivity contribution in [3.8, 4) is 0 Å². The molecule has 1 aromatic heterocycles. The highest BCUT2D eigenvalue weighted by Crippen LogP contribution is 2.53. The molecule has 5 nitrogen and oxygen atoms in total. The Hall–Kier alpha value is -2.17. The van der Waals surface area contributed by atoms with Crippen LogP contribution < -0.4 is 5.32 Å². The molecule has 126 valence electrons. The van der Waals surface area contributed by atoms with Crippen molar-refractivity contribution >= 4 is 11.9 Å². The molecule has 0 amide bonds. The van der Waals surface area contributed by atoms with Crippen molar-refractivity contribution in [2.24, 2.45) is 5.41 Å². The molecule has 2 unspecified atom stereocenters. The van der Waals surface area contributed by atoms with E-state index < -0.39 is 5.97 Å². The molecule has 3 aliphatic rings. The van der Waals surface area contributed by atoms with E-state index in [1.807, 2.05) is 0 Å². The lowest BCUT2D eigenvalue weighted by atomic mass is 9.60. The van der Waals surface area contributed by atoms with Gasteiger partial charge < -0.3 is 10.4 Å². The van der Waals surface area contributed by atoms with Crippen LogP contribution in [0.3, 0.4) is 0 Å². The highest BCUT2D eigenvalue weighted by molar-refractivity contribution is 5.86. The quantitative estimate of drug-likeness (QED) is 0.880. The van der Waals surface area contributed by atoms with Crippen LogP contribution in [0.5, 0.6) is 0 Å². The highest BCUT2D eigenvalue weighted by Gasteiger charge is 2.40. The Labute approximate surface area is 141 Å². The molecule has 1 aromatic rings. The fraction of sp³-hybridized carbons (Fsp3) is 0.526. The Bertz CT molecular complexity index is 735. The van der Waals surface area contributed by atoms with Crippen molar-refractivity contribution in [1.82, 2.24) is 9.97 Å². The van der Waals surface area contributed by atoms with Gasteiger partial charge >= 0.3 is 5.97 Å². The summed E-state index contributed by atoms with van der Waals surface area (Å²) in [5.41, 5.74) is 5.29. The number of nitrogens with zero attached hydrogens (tertiary/aromatic N) is 2. The number of hydrogen-bond donors (Lipinski definition) is 2. The topological polar surface area (TPSA) is 75.1 Å². The summed E-state index contributed by atoms with van der Waals surface area (Å²) >= 11 is 0. The molecule has 2 N–H and O–H groups in total. The van der Waals surface area contributed by atoms with Crippen LogP contribution in [-0.2, 0) is 0 Å². The lowest BCUT2D eigenvalue weighted by Crippen LogP contribution is -2.35. The third-order valence-electron chi connectivity index (χ3n) is 5.76. The molecule has 1 heterocycles. The molecular weight excluding hydrogens is 302 g/mol. The summed E-state index contributed by atoms with van der Waals surface area (Å²) in [5, 5.41) is 12.3. The summed E-state index contributed by atoms with van der Waals surface area (Å²) in [7, 11) is 0. The third-order valence-corrected chi connectivity index (χ3v) is 5.76. The summed E-state index contributed by atoms with van der Waals surface area (Å²) in [6.45, 7) is 2.44. The van der Waals surface area contributed by atoms with Crippen molar-refractivity contribution in [2.45, 2.75) is 57.9 Å². The van der Waals surface area contributed by atoms with Gasteiger partial charge in [0.05, 0.1) is 5.56 Å². The smallest absolute Gasteiger partial charge is 0.338 e. The van der Waals surface area contributed by atoms with E-state index in [0.29, 0.717) is 17.4 Å². The number of carboxylic acids is 1. The largest absolute Gasteiger partial charge is 0.478 e. The van der Waals surface area contributed by atoms with E-state index in [1.165, 1.54) is 50.1 Å². The first-order chi connectivity index (χ1) is 11.5. The molecular formula is C19H23N3O2. The molecule has 5 heteroatoms. The zero-order valence-electron chi connectivity index (χ0n) is 14.0. The molecule has 0 saturated carbocycles. The SMILES string of the molecule is CC12CCC=C3CC(Nc4ncc(C(=O)O)cn4)CC(=C31)CCC2. The van der Waals surface area contributed by atoms with Gasteiger partial charge in [0.15, 0.2) is 0 Å². The number of carboxylic acid groups (broad SMARTS) is 1. The summed E-state index contributed by atoms with van der Waals surface area (Å²) in [5.74, 6) is -0.480. The van der Waals surface area contributed by atoms with Crippen molar-refractivity contribution < 1.29 is 9.90 Å². The standard InChI is InChI=1S/C19H23N3O2/c1-19-6-2-4-12-8-15(9-13(16(12)19)5-3-7-19)22-18-20-10-14(11-21-18)17(23)24/h4,10-11,15H,2-3,5-9H2,1H3,(H,23,24)(H,20,21,22). The van der Waals surface area contributed by atoms with Gasteiger partial charge in [0.25, 0.3) is 0 Å². The van der Waals surface area contributed by atoms with Crippen LogP contribution in [0.4, 0.5) is 5.95 Å². The Morgan fingerprint density at radius 2 is 2.08 bits per heavy atom. The van der Waals surface area contributed by atoms with Crippen LogP contribution >= 0.6 is 0 Å². The van der Waals surface area contributed by atoms with Gasteiger partial charge in [-0.25, -0.2) is 14.8 Å². The average Bonchev–Trinajstić information content (AvgIpc) is 2.55. The maximum absolute atomic E-state index is 10.9. The maximum atomic E-state index is 10.9. The number of rotatable bonds is 3. The van der Waals surface area contributed by atoms with Crippen molar-refractivity contribution in [3.63, 3.8) is 0 Å². The maximum Gasteiger partial charge on any atom is 0.338 e. The van der Waals surface area contributed by atoms with Gasteiger partial charge in [-0.2, -0.15) is 0 Å². The second-order valence-corrected chi connectivity index (χ2v) is 7.51. The number of allylic oxidation sites excluding steroid dienone is 2. The average molecular weight is 325 g/mol. The number of carbonyl (C=O) groups is 1. The van der Waals surface area contributed by atoms with Crippen LogP contribution in [0.1, 0.15) is 62.2 Å². The number of nitrogens with one attached hydrogen (secondary N) is 1. The van der Waals surface area contributed by atoms with Crippen LogP contribution in [0.2, 0.25) is 0 Å². The molecule has 0 saturated heterocycles. The monoisotopic (exact) mass is 325 g/mol. The highest BCUT2D eigenvalue weighted by atomic mass is 16.4. The second-order valence-electron chi connectivity index (χ2n) is 7.51. The Kier molecular flexibility index (Phi) is 3.66.